The standard InChI is InChI=1S/C17H12N2O2/c1-21-12-8-6-11(7-9-12)14(10-18)16-13-4-2-3-5-15(13)19-17(16)20/h2-9H,1H3,(H,19,20)/b16-14+. The topological polar surface area (TPSA) is 62.1 Å². The maximum atomic E-state index is 12.2. The molecule has 1 N–H and O–H groups in total. The lowest BCUT2D eigenvalue weighted by Gasteiger charge is -2.05. The van der Waals surface area contributed by atoms with Gasteiger partial charge in [0.25, 0.3) is 5.91 Å². The second-order valence-electron chi connectivity index (χ2n) is 4.59. The van der Waals surface area contributed by atoms with Crippen molar-refractivity contribution in [2.45, 2.75) is 0 Å². The number of nitrogens with zero attached hydrogens (tertiary/aromatic N) is 1. The lowest BCUT2D eigenvalue weighted by molar-refractivity contribution is -0.110. The van der Waals surface area contributed by atoms with Crippen LogP contribution in [-0.4, -0.2) is 13.0 Å². The Morgan fingerprint density at radius 1 is 1.14 bits per heavy atom. The molecule has 1 heterocycles. The van der Waals surface area contributed by atoms with E-state index >= 15 is 0 Å². The van der Waals surface area contributed by atoms with Gasteiger partial charge in [0.2, 0.25) is 0 Å². The van der Waals surface area contributed by atoms with Crippen molar-refractivity contribution in [1.82, 2.24) is 0 Å². The minimum Gasteiger partial charge on any atom is -0.497 e. The molecule has 3 rings (SSSR count). The molecule has 0 saturated carbocycles. The average molecular weight is 276 g/mol. The highest BCUT2D eigenvalue weighted by molar-refractivity contribution is 6.38. The van der Waals surface area contributed by atoms with Gasteiger partial charge in [0, 0.05) is 11.3 Å². The van der Waals surface area contributed by atoms with Crippen LogP contribution in [0, 0.1) is 11.3 Å². The second kappa shape index (κ2) is 5.14. The second-order valence-corrected chi connectivity index (χ2v) is 4.59. The van der Waals surface area contributed by atoms with Gasteiger partial charge in [-0.2, -0.15) is 5.26 Å². The molecule has 0 aliphatic carbocycles. The van der Waals surface area contributed by atoms with Crippen LogP contribution in [0.15, 0.2) is 48.5 Å². The molecule has 0 bridgehead atoms. The summed E-state index contributed by atoms with van der Waals surface area (Å²) in [4.78, 5) is 12.2. The van der Waals surface area contributed by atoms with Gasteiger partial charge < -0.3 is 10.1 Å². The number of carbonyl (C=O) groups is 1. The summed E-state index contributed by atoms with van der Waals surface area (Å²) in [5, 5.41) is 12.3. The molecule has 0 spiro atoms. The van der Waals surface area contributed by atoms with Crippen LogP contribution in [0.5, 0.6) is 5.75 Å². The van der Waals surface area contributed by atoms with Gasteiger partial charge in [-0.3, -0.25) is 4.79 Å². The van der Waals surface area contributed by atoms with Crippen molar-refractivity contribution in [1.29, 1.82) is 5.26 Å². The molecule has 0 fully saturated rings. The van der Waals surface area contributed by atoms with E-state index in [1.54, 1.807) is 31.4 Å². The molecule has 102 valence electrons. The zero-order chi connectivity index (χ0) is 14.8. The lowest BCUT2D eigenvalue weighted by atomic mass is 9.96. The number of benzene rings is 2. The number of hydrogen-bond donors (Lipinski definition) is 1. The number of carbonyl (C=O) groups excluding carboxylic acids is 1. The van der Waals surface area contributed by atoms with Crippen molar-refractivity contribution in [2.24, 2.45) is 0 Å². The summed E-state index contributed by atoms with van der Waals surface area (Å²) in [6.07, 6.45) is 0. The molecule has 0 unspecified atom stereocenters. The number of rotatable bonds is 2. The summed E-state index contributed by atoms with van der Waals surface area (Å²) < 4.78 is 5.11. The van der Waals surface area contributed by atoms with Gasteiger partial charge in [-0.25, -0.2) is 0 Å². The summed E-state index contributed by atoms with van der Waals surface area (Å²) in [6, 6.07) is 16.6. The van der Waals surface area contributed by atoms with E-state index in [4.69, 9.17) is 4.74 Å². The Balaban J connectivity index is 2.18. The number of anilines is 1. The van der Waals surface area contributed by atoms with E-state index < -0.39 is 0 Å². The van der Waals surface area contributed by atoms with Crippen LogP contribution >= 0.6 is 0 Å². The number of fused-ring (bicyclic) bond motifs is 1. The molecule has 0 saturated heterocycles. The molecular formula is C17H12N2O2. The smallest absolute Gasteiger partial charge is 0.257 e. The Bertz CT molecular complexity index is 783. The minimum absolute atomic E-state index is 0.247. The van der Waals surface area contributed by atoms with Crippen LogP contribution in [0.2, 0.25) is 0 Å². The first-order valence-electron chi connectivity index (χ1n) is 6.44. The Labute approximate surface area is 122 Å². The molecular weight excluding hydrogens is 264 g/mol. The van der Waals surface area contributed by atoms with Gasteiger partial charge in [0.15, 0.2) is 0 Å². The number of nitrogens with one attached hydrogen (secondary N) is 1. The average Bonchev–Trinajstić information content (AvgIpc) is 2.85. The third kappa shape index (κ3) is 2.15. The zero-order valence-electron chi connectivity index (χ0n) is 11.4. The van der Waals surface area contributed by atoms with Gasteiger partial charge in [0.1, 0.15) is 11.8 Å². The fourth-order valence-corrected chi connectivity index (χ4v) is 2.39. The first-order valence-corrected chi connectivity index (χ1v) is 6.44. The largest absolute Gasteiger partial charge is 0.497 e. The Hall–Kier alpha value is -3.06. The van der Waals surface area contributed by atoms with E-state index in [1.807, 2.05) is 24.3 Å². The zero-order valence-corrected chi connectivity index (χ0v) is 11.4. The minimum atomic E-state index is -0.247. The van der Waals surface area contributed by atoms with Crippen molar-refractivity contribution >= 4 is 22.7 Å². The number of para-hydroxylation sites is 1. The predicted molar refractivity (Wildman–Crippen MR) is 80.5 cm³/mol. The molecule has 1 aliphatic rings. The quantitative estimate of drug-likeness (QED) is 0.677. The third-order valence-corrected chi connectivity index (χ3v) is 3.41. The maximum absolute atomic E-state index is 12.2. The van der Waals surface area contributed by atoms with E-state index in [1.165, 1.54) is 0 Å². The molecule has 0 atom stereocenters. The monoisotopic (exact) mass is 276 g/mol. The normalized spacial score (nSPS) is 15.0. The summed E-state index contributed by atoms with van der Waals surface area (Å²) in [6.45, 7) is 0. The summed E-state index contributed by atoms with van der Waals surface area (Å²) >= 11 is 0. The van der Waals surface area contributed by atoms with Gasteiger partial charge in [-0.15, -0.1) is 0 Å². The van der Waals surface area contributed by atoms with Crippen LogP contribution < -0.4 is 10.1 Å². The highest BCUT2D eigenvalue weighted by Crippen LogP contribution is 2.36. The summed E-state index contributed by atoms with van der Waals surface area (Å²) in [5.74, 6) is 0.459. The molecule has 4 nitrogen and oxygen atoms in total. The van der Waals surface area contributed by atoms with Crippen LogP contribution in [0.1, 0.15) is 11.1 Å². The van der Waals surface area contributed by atoms with Crippen molar-refractivity contribution in [3.8, 4) is 11.8 Å². The number of methoxy groups -OCH3 is 1. The predicted octanol–water partition coefficient (Wildman–Crippen LogP) is 3.08. The molecule has 2 aromatic rings. The highest BCUT2D eigenvalue weighted by Gasteiger charge is 2.27. The highest BCUT2D eigenvalue weighted by atomic mass is 16.5. The van der Waals surface area contributed by atoms with Gasteiger partial charge in [-0.05, 0) is 35.9 Å². The van der Waals surface area contributed by atoms with E-state index in [9.17, 15) is 10.1 Å². The van der Waals surface area contributed by atoms with Crippen molar-refractivity contribution < 1.29 is 9.53 Å². The molecule has 2 aromatic carbocycles. The Morgan fingerprint density at radius 3 is 2.52 bits per heavy atom. The van der Waals surface area contributed by atoms with Crippen LogP contribution in [0.4, 0.5) is 5.69 Å². The number of hydrogen-bond acceptors (Lipinski definition) is 3. The van der Waals surface area contributed by atoms with E-state index in [0.717, 1.165) is 11.3 Å². The molecule has 1 aliphatic heterocycles. The molecule has 21 heavy (non-hydrogen) atoms. The Morgan fingerprint density at radius 2 is 1.86 bits per heavy atom. The molecule has 1 amide bonds. The van der Waals surface area contributed by atoms with Crippen molar-refractivity contribution in [3.05, 3.63) is 59.7 Å². The molecule has 4 heteroatoms. The van der Waals surface area contributed by atoms with Crippen molar-refractivity contribution in [2.75, 3.05) is 12.4 Å². The SMILES string of the molecule is COc1ccc(/C(C#N)=C2/C(=O)Nc3ccccc32)cc1. The van der Waals surface area contributed by atoms with Crippen molar-refractivity contribution in [3.63, 3.8) is 0 Å². The third-order valence-electron chi connectivity index (χ3n) is 3.41. The Kier molecular flexibility index (Phi) is 3.17. The van der Waals surface area contributed by atoms with E-state index in [-0.39, 0.29) is 5.91 Å². The number of ether oxygens (including phenoxy) is 1. The van der Waals surface area contributed by atoms with Gasteiger partial charge in [0.05, 0.1) is 18.3 Å². The van der Waals surface area contributed by atoms with E-state index in [0.29, 0.717) is 22.5 Å². The van der Waals surface area contributed by atoms with Crippen LogP contribution in [0.25, 0.3) is 11.1 Å². The lowest BCUT2D eigenvalue weighted by Crippen LogP contribution is -2.05. The summed E-state index contributed by atoms with van der Waals surface area (Å²) in [5.41, 5.74) is 2.96. The van der Waals surface area contributed by atoms with E-state index in [2.05, 4.69) is 11.4 Å². The maximum Gasteiger partial charge on any atom is 0.257 e. The van der Waals surface area contributed by atoms with Crippen LogP contribution in [-0.2, 0) is 4.79 Å². The number of nitriles is 1. The molecule has 0 radical (unpaired) electrons. The van der Waals surface area contributed by atoms with Gasteiger partial charge >= 0.3 is 0 Å². The molecule has 0 aromatic heterocycles. The summed E-state index contributed by atoms with van der Waals surface area (Å²) in [7, 11) is 1.58. The number of amides is 1. The fraction of sp³-hybridized carbons (Fsp3) is 0.0588. The van der Waals surface area contributed by atoms with Crippen LogP contribution in [0.3, 0.4) is 0 Å². The fourth-order valence-electron chi connectivity index (χ4n) is 2.39. The first kappa shape index (κ1) is 12.9. The van der Waals surface area contributed by atoms with Gasteiger partial charge in [-0.1, -0.05) is 18.2 Å². The first-order chi connectivity index (χ1) is 10.2. The number of allylic oxidation sites excluding steroid dienone is 1.